The SMILES string of the molecule is CC(C)(C)C(=O)c1nc(CCN)cs1. The van der Waals surface area contributed by atoms with Gasteiger partial charge in [-0.2, -0.15) is 0 Å². The number of hydrogen-bond donors (Lipinski definition) is 1. The third kappa shape index (κ3) is 2.62. The molecular weight excluding hydrogens is 196 g/mol. The highest BCUT2D eigenvalue weighted by atomic mass is 32.1. The fraction of sp³-hybridized carbons (Fsp3) is 0.600. The molecule has 0 fully saturated rings. The maximum Gasteiger partial charge on any atom is 0.196 e. The smallest absolute Gasteiger partial charge is 0.196 e. The quantitative estimate of drug-likeness (QED) is 0.778. The van der Waals surface area contributed by atoms with Gasteiger partial charge in [0.15, 0.2) is 10.8 Å². The van der Waals surface area contributed by atoms with Crippen LogP contribution >= 0.6 is 11.3 Å². The number of nitrogens with zero attached hydrogens (tertiary/aromatic N) is 1. The molecule has 0 aliphatic rings. The number of thiazole rings is 1. The van der Waals surface area contributed by atoms with Crippen molar-refractivity contribution in [2.75, 3.05) is 6.54 Å². The number of carbonyl (C=O) groups is 1. The van der Waals surface area contributed by atoms with Gasteiger partial charge in [0.25, 0.3) is 0 Å². The summed E-state index contributed by atoms with van der Waals surface area (Å²) in [5.41, 5.74) is 5.98. The van der Waals surface area contributed by atoms with Gasteiger partial charge in [0.1, 0.15) is 0 Å². The van der Waals surface area contributed by atoms with Crippen LogP contribution in [0.2, 0.25) is 0 Å². The van der Waals surface area contributed by atoms with Crippen LogP contribution in [0.15, 0.2) is 5.38 Å². The van der Waals surface area contributed by atoms with Gasteiger partial charge in [-0.1, -0.05) is 20.8 Å². The van der Waals surface area contributed by atoms with Gasteiger partial charge < -0.3 is 5.73 Å². The van der Waals surface area contributed by atoms with Gasteiger partial charge in [-0.15, -0.1) is 11.3 Å². The molecule has 0 saturated heterocycles. The first kappa shape index (κ1) is 11.3. The molecule has 0 atom stereocenters. The Hall–Kier alpha value is -0.740. The van der Waals surface area contributed by atoms with E-state index in [4.69, 9.17) is 5.73 Å². The second-order valence-corrected chi connectivity index (χ2v) is 5.12. The van der Waals surface area contributed by atoms with Crippen LogP contribution in [0, 0.1) is 5.41 Å². The zero-order valence-corrected chi connectivity index (χ0v) is 9.65. The zero-order valence-electron chi connectivity index (χ0n) is 8.83. The van der Waals surface area contributed by atoms with Crippen molar-refractivity contribution in [3.63, 3.8) is 0 Å². The molecule has 0 bridgehead atoms. The molecule has 0 unspecified atom stereocenters. The lowest BCUT2D eigenvalue weighted by Crippen LogP contribution is -2.20. The van der Waals surface area contributed by atoms with Gasteiger partial charge in [0, 0.05) is 17.2 Å². The van der Waals surface area contributed by atoms with E-state index in [-0.39, 0.29) is 11.2 Å². The average molecular weight is 212 g/mol. The lowest BCUT2D eigenvalue weighted by atomic mass is 9.91. The molecule has 78 valence electrons. The Labute approximate surface area is 88.3 Å². The molecule has 1 heterocycles. The monoisotopic (exact) mass is 212 g/mol. The number of rotatable bonds is 3. The number of aromatic nitrogens is 1. The number of hydrogen-bond acceptors (Lipinski definition) is 4. The highest BCUT2D eigenvalue weighted by Crippen LogP contribution is 2.23. The summed E-state index contributed by atoms with van der Waals surface area (Å²) >= 11 is 1.41. The van der Waals surface area contributed by atoms with Crippen LogP contribution in [0.3, 0.4) is 0 Å². The van der Waals surface area contributed by atoms with Crippen molar-refractivity contribution in [1.29, 1.82) is 0 Å². The predicted octanol–water partition coefficient (Wildman–Crippen LogP) is 1.87. The molecule has 0 aliphatic heterocycles. The van der Waals surface area contributed by atoms with E-state index in [1.807, 2.05) is 26.2 Å². The van der Waals surface area contributed by atoms with Gasteiger partial charge >= 0.3 is 0 Å². The summed E-state index contributed by atoms with van der Waals surface area (Å²) in [6.07, 6.45) is 0.744. The Morgan fingerprint density at radius 3 is 2.71 bits per heavy atom. The van der Waals surface area contributed by atoms with Gasteiger partial charge in [0.2, 0.25) is 0 Å². The first-order chi connectivity index (χ1) is 6.45. The van der Waals surface area contributed by atoms with Crippen LogP contribution < -0.4 is 5.73 Å². The summed E-state index contributed by atoms with van der Waals surface area (Å²) in [4.78, 5) is 16.1. The molecule has 4 heteroatoms. The Morgan fingerprint density at radius 2 is 2.21 bits per heavy atom. The molecule has 0 saturated carbocycles. The van der Waals surface area contributed by atoms with E-state index in [9.17, 15) is 4.79 Å². The van der Waals surface area contributed by atoms with E-state index in [1.54, 1.807) is 0 Å². The van der Waals surface area contributed by atoms with Gasteiger partial charge in [-0.3, -0.25) is 4.79 Å². The largest absolute Gasteiger partial charge is 0.330 e. The molecule has 0 aliphatic carbocycles. The minimum Gasteiger partial charge on any atom is -0.330 e. The summed E-state index contributed by atoms with van der Waals surface area (Å²) in [6, 6.07) is 0. The molecule has 3 nitrogen and oxygen atoms in total. The second kappa shape index (κ2) is 4.19. The topological polar surface area (TPSA) is 56.0 Å². The third-order valence-electron chi connectivity index (χ3n) is 1.83. The molecular formula is C10H16N2OS. The Balaban J connectivity index is 2.82. The van der Waals surface area contributed by atoms with Gasteiger partial charge in [0.05, 0.1) is 5.69 Å². The average Bonchev–Trinajstić information content (AvgIpc) is 2.50. The van der Waals surface area contributed by atoms with Crippen LogP contribution in [0.1, 0.15) is 36.3 Å². The van der Waals surface area contributed by atoms with Crippen molar-refractivity contribution in [3.8, 4) is 0 Å². The second-order valence-electron chi connectivity index (χ2n) is 4.26. The maximum absolute atomic E-state index is 11.8. The summed E-state index contributed by atoms with van der Waals surface area (Å²) in [7, 11) is 0. The van der Waals surface area contributed by atoms with E-state index in [0.29, 0.717) is 11.6 Å². The fourth-order valence-electron chi connectivity index (χ4n) is 0.995. The molecule has 1 aromatic rings. The van der Waals surface area contributed by atoms with Crippen molar-refractivity contribution in [2.24, 2.45) is 11.1 Å². The lowest BCUT2D eigenvalue weighted by Gasteiger charge is -2.13. The Kier molecular flexibility index (Phi) is 3.39. The van der Waals surface area contributed by atoms with Crippen LogP contribution in [0.25, 0.3) is 0 Å². The van der Waals surface area contributed by atoms with Crippen LogP contribution in [0.5, 0.6) is 0 Å². The number of nitrogens with two attached hydrogens (primary N) is 1. The molecule has 0 spiro atoms. The standard InChI is InChI=1S/C10H16N2OS/c1-10(2,3)8(13)9-12-7(4-5-11)6-14-9/h6H,4-5,11H2,1-3H3. The van der Waals surface area contributed by atoms with Crippen LogP contribution in [0.4, 0.5) is 0 Å². The Morgan fingerprint density at radius 1 is 1.57 bits per heavy atom. The van der Waals surface area contributed by atoms with Crippen molar-refractivity contribution in [2.45, 2.75) is 27.2 Å². The lowest BCUT2D eigenvalue weighted by molar-refractivity contribution is 0.0858. The summed E-state index contributed by atoms with van der Waals surface area (Å²) in [5, 5.41) is 2.51. The van der Waals surface area contributed by atoms with Crippen LogP contribution in [-0.2, 0) is 6.42 Å². The fourth-order valence-corrected chi connectivity index (χ4v) is 2.00. The molecule has 1 aromatic heterocycles. The summed E-state index contributed by atoms with van der Waals surface area (Å²) in [5.74, 6) is 0.103. The molecule has 0 radical (unpaired) electrons. The molecule has 1 rings (SSSR count). The summed E-state index contributed by atoms with van der Waals surface area (Å²) < 4.78 is 0. The zero-order chi connectivity index (χ0) is 10.8. The highest BCUT2D eigenvalue weighted by Gasteiger charge is 2.25. The Bertz CT molecular complexity index is 325. The predicted molar refractivity (Wildman–Crippen MR) is 58.7 cm³/mol. The van der Waals surface area contributed by atoms with Crippen molar-refractivity contribution >= 4 is 17.1 Å². The number of Topliss-reactive ketones (excluding diaryl/α,β-unsaturated/α-hetero) is 1. The first-order valence-corrected chi connectivity index (χ1v) is 5.52. The van der Waals surface area contributed by atoms with E-state index in [2.05, 4.69) is 4.98 Å². The molecule has 14 heavy (non-hydrogen) atoms. The maximum atomic E-state index is 11.8. The number of carbonyl (C=O) groups excluding carboxylic acids is 1. The van der Waals surface area contributed by atoms with E-state index in [1.165, 1.54) is 11.3 Å². The first-order valence-electron chi connectivity index (χ1n) is 4.64. The van der Waals surface area contributed by atoms with E-state index in [0.717, 1.165) is 12.1 Å². The van der Waals surface area contributed by atoms with Crippen molar-refractivity contribution in [1.82, 2.24) is 4.98 Å². The van der Waals surface area contributed by atoms with Gasteiger partial charge in [-0.05, 0) is 6.54 Å². The van der Waals surface area contributed by atoms with E-state index >= 15 is 0 Å². The summed E-state index contributed by atoms with van der Waals surface area (Å²) in [6.45, 7) is 6.28. The van der Waals surface area contributed by atoms with Crippen LogP contribution in [-0.4, -0.2) is 17.3 Å². The highest BCUT2D eigenvalue weighted by molar-refractivity contribution is 7.11. The minimum atomic E-state index is -0.349. The number of ketones is 1. The van der Waals surface area contributed by atoms with E-state index < -0.39 is 0 Å². The molecule has 2 N–H and O–H groups in total. The van der Waals surface area contributed by atoms with Crippen molar-refractivity contribution in [3.05, 3.63) is 16.1 Å². The molecule has 0 aromatic carbocycles. The minimum absolute atomic E-state index is 0.103. The third-order valence-corrected chi connectivity index (χ3v) is 2.72. The van der Waals surface area contributed by atoms with Gasteiger partial charge in [-0.25, -0.2) is 4.98 Å². The van der Waals surface area contributed by atoms with Crippen molar-refractivity contribution < 1.29 is 4.79 Å². The molecule has 0 amide bonds. The normalized spacial score (nSPS) is 11.7.